The van der Waals surface area contributed by atoms with E-state index in [1.807, 2.05) is 66.7 Å². The topological polar surface area (TPSA) is 37.3 Å². The van der Waals surface area contributed by atoms with Crippen LogP contribution in [0.2, 0.25) is 0 Å². The number of aryl methyl sites for hydroxylation is 1. The molecule has 0 bridgehead atoms. The molecule has 0 amide bonds. The molecule has 3 aromatic carbocycles. The first-order valence-electron chi connectivity index (χ1n) is 7.78. The molecule has 0 unspecified atom stereocenters. The van der Waals surface area contributed by atoms with Crippen molar-refractivity contribution in [3.8, 4) is 28.0 Å². The van der Waals surface area contributed by atoms with Crippen LogP contribution in [0.15, 0.2) is 66.7 Å². The third-order valence-corrected chi connectivity index (χ3v) is 4.43. The van der Waals surface area contributed by atoms with Crippen molar-refractivity contribution in [2.45, 2.75) is 12.8 Å². The number of ketones is 1. The van der Waals surface area contributed by atoms with Crippen molar-refractivity contribution in [2.24, 2.45) is 0 Å². The van der Waals surface area contributed by atoms with Crippen LogP contribution in [0.25, 0.3) is 22.3 Å². The highest BCUT2D eigenvalue weighted by Crippen LogP contribution is 2.44. The van der Waals surface area contributed by atoms with Gasteiger partial charge in [0, 0.05) is 23.1 Å². The van der Waals surface area contributed by atoms with E-state index in [0.717, 1.165) is 28.7 Å². The van der Waals surface area contributed by atoms with Crippen LogP contribution in [-0.4, -0.2) is 10.9 Å². The highest BCUT2D eigenvalue weighted by Gasteiger charge is 2.28. The molecule has 0 saturated carbocycles. The summed E-state index contributed by atoms with van der Waals surface area (Å²) in [5.74, 6) is 0.310. The summed E-state index contributed by atoms with van der Waals surface area (Å²) in [6, 6.07) is 21.5. The zero-order valence-electron chi connectivity index (χ0n) is 12.6. The van der Waals surface area contributed by atoms with Gasteiger partial charge in [-0.3, -0.25) is 4.79 Å². The maximum atomic E-state index is 12.3. The van der Waals surface area contributed by atoms with E-state index in [1.165, 1.54) is 0 Å². The number of Topliss-reactive ketones (excluding diaryl/α,β-unsaturated/α-hetero) is 1. The maximum Gasteiger partial charge on any atom is 0.164 e. The Labute approximate surface area is 135 Å². The summed E-state index contributed by atoms with van der Waals surface area (Å²) < 4.78 is 0. The second-order valence-electron chi connectivity index (χ2n) is 5.84. The number of rotatable bonds is 2. The Bertz CT molecular complexity index is 881. The molecule has 112 valence electrons. The first kappa shape index (κ1) is 13.8. The molecule has 1 aliphatic rings. The number of fused-ring (bicyclic) bond motifs is 1. The minimum atomic E-state index is 0.119. The van der Waals surface area contributed by atoms with Crippen LogP contribution in [-0.2, 0) is 6.42 Å². The molecule has 0 aromatic heterocycles. The van der Waals surface area contributed by atoms with Crippen molar-refractivity contribution in [1.82, 2.24) is 0 Å². The molecule has 23 heavy (non-hydrogen) atoms. The predicted molar refractivity (Wildman–Crippen MR) is 91.6 cm³/mol. The van der Waals surface area contributed by atoms with Crippen molar-refractivity contribution in [1.29, 1.82) is 0 Å². The van der Waals surface area contributed by atoms with Crippen molar-refractivity contribution < 1.29 is 9.90 Å². The summed E-state index contributed by atoms with van der Waals surface area (Å²) >= 11 is 0. The van der Waals surface area contributed by atoms with Gasteiger partial charge in [-0.2, -0.15) is 0 Å². The van der Waals surface area contributed by atoms with Gasteiger partial charge in [-0.25, -0.2) is 0 Å². The predicted octanol–water partition coefficient (Wildman–Crippen LogP) is 4.86. The molecular formula is C21H16O2. The van der Waals surface area contributed by atoms with Crippen molar-refractivity contribution >= 4 is 5.78 Å². The molecule has 0 atom stereocenters. The largest absolute Gasteiger partial charge is 0.507 e. The monoisotopic (exact) mass is 300 g/mol. The summed E-state index contributed by atoms with van der Waals surface area (Å²) in [6.07, 6.45) is 1.26. The standard InChI is InChI=1S/C21H16O2/c22-18-12-11-16-13-17(14-7-3-1-4-8-14)21(23)20(19(16)18)15-9-5-2-6-10-15/h1-10,13,23H,11-12H2. The normalized spacial score (nSPS) is 13.1. The fourth-order valence-electron chi connectivity index (χ4n) is 3.34. The summed E-state index contributed by atoms with van der Waals surface area (Å²) in [7, 11) is 0. The van der Waals surface area contributed by atoms with Crippen LogP contribution in [0.3, 0.4) is 0 Å². The summed E-state index contributed by atoms with van der Waals surface area (Å²) in [5.41, 5.74) is 5.03. The second kappa shape index (κ2) is 5.40. The van der Waals surface area contributed by atoms with Gasteiger partial charge in [0.25, 0.3) is 0 Å². The van der Waals surface area contributed by atoms with Gasteiger partial charge in [-0.1, -0.05) is 60.7 Å². The molecule has 0 saturated heterocycles. The van der Waals surface area contributed by atoms with E-state index >= 15 is 0 Å². The van der Waals surface area contributed by atoms with E-state index in [9.17, 15) is 9.90 Å². The lowest BCUT2D eigenvalue weighted by Gasteiger charge is -2.15. The zero-order valence-corrected chi connectivity index (χ0v) is 12.6. The SMILES string of the molecule is O=C1CCc2cc(-c3ccccc3)c(O)c(-c3ccccc3)c21. The second-order valence-corrected chi connectivity index (χ2v) is 5.84. The van der Waals surface area contributed by atoms with Gasteiger partial charge < -0.3 is 5.11 Å². The van der Waals surface area contributed by atoms with Gasteiger partial charge in [-0.05, 0) is 29.2 Å². The van der Waals surface area contributed by atoms with Crippen molar-refractivity contribution in [2.75, 3.05) is 0 Å². The Morgan fingerprint density at radius 2 is 1.35 bits per heavy atom. The van der Waals surface area contributed by atoms with Crippen LogP contribution in [0.4, 0.5) is 0 Å². The molecule has 4 rings (SSSR count). The minimum Gasteiger partial charge on any atom is -0.507 e. The summed E-state index contributed by atoms with van der Waals surface area (Å²) in [5, 5.41) is 10.9. The number of carbonyl (C=O) groups is 1. The van der Waals surface area contributed by atoms with Crippen LogP contribution < -0.4 is 0 Å². The number of phenols is 1. The molecule has 0 aliphatic heterocycles. The van der Waals surface area contributed by atoms with Crippen molar-refractivity contribution in [3.63, 3.8) is 0 Å². The van der Waals surface area contributed by atoms with Gasteiger partial charge in [0.05, 0.1) is 0 Å². The minimum absolute atomic E-state index is 0.119. The number of hydrogen-bond acceptors (Lipinski definition) is 2. The average molecular weight is 300 g/mol. The van der Waals surface area contributed by atoms with Gasteiger partial charge in [0.2, 0.25) is 0 Å². The average Bonchev–Trinajstić information content (AvgIpc) is 2.97. The zero-order chi connectivity index (χ0) is 15.8. The van der Waals surface area contributed by atoms with Gasteiger partial charge in [0.15, 0.2) is 5.78 Å². The number of hydrogen-bond donors (Lipinski definition) is 1. The Hall–Kier alpha value is -2.87. The van der Waals surface area contributed by atoms with Crippen LogP contribution in [0.1, 0.15) is 22.3 Å². The fraction of sp³-hybridized carbons (Fsp3) is 0.0952. The van der Waals surface area contributed by atoms with Crippen LogP contribution >= 0.6 is 0 Å². The molecule has 0 spiro atoms. The lowest BCUT2D eigenvalue weighted by atomic mass is 9.90. The highest BCUT2D eigenvalue weighted by atomic mass is 16.3. The maximum absolute atomic E-state index is 12.3. The Morgan fingerprint density at radius 3 is 2.00 bits per heavy atom. The molecule has 2 nitrogen and oxygen atoms in total. The Morgan fingerprint density at radius 1 is 0.739 bits per heavy atom. The van der Waals surface area contributed by atoms with Crippen molar-refractivity contribution in [3.05, 3.63) is 77.9 Å². The Kier molecular flexibility index (Phi) is 3.23. The van der Waals surface area contributed by atoms with Gasteiger partial charge in [-0.15, -0.1) is 0 Å². The summed E-state index contributed by atoms with van der Waals surface area (Å²) in [4.78, 5) is 12.3. The third kappa shape index (κ3) is 2.23. The number of phenolic OH excluding ortho intramolecular Hbond substituents is 1. The molecule has 1 aliphatic carbocycles. The van der Waals surface area contributed by atoms with E-state index in [0.29, 0.717) is 17.5 Å². The van der Waals surface area contributed by atoms with E-state index in [1.54, 1.807) is 0 Å². The van der Waals surface area contributed by atoms with E-state index in [4.69, 9.17) is 0 Å². The quantitative estimate of drug-likeness (QED) is 0.734. The van der Waals surface area contributed by atoms with Crippen LogP contribution in [0.5, 0.6) is 5.75 Å². The first-order chi connectivity index (χ1) is 11.3. The molecule has 2 heteroatoms. The fourth-order valence-corrected chi connectivity index (χ4v) is 3.34. The van der Waals surface area contributed by atoms with E-state index in [-0.39, 0.29) is 11.5 Å². The molecule has 0 fully saturated rings. The highest BCUT2D eigenvalue weighted by molar-refractivity contribution is 6.09. The van der Waals surface area contributed by atoms with E-state index < -0.39 is 0 Å². The van der Waals surface area contributed by atoms with Gasteiger partial charge in [0.1, 0.15) is 5.75 Å². The lowest BCUT2D eigenvalue weighted by Crippen LogP contribution is -1.98. The molecule has 0 radical (unpaired) electrons. The first-order valence-corrected chi connectivity index (χ1v) is 7.78. The number of carbonyl (C=O) groups excluding carboxylic acids is 1. The van der Waals surface area contributed by atoms with E-state index in [2.05, 4.69) is 0 Å². The molecule has 3 aromatic rings. The number of benzene rings is 3. The third-order valence-electron chi connectivity index (χ3n) is 4.43. The smallest absolute Gasteiger partial charge is 0.164 e. The Balaban J connectivity index is 2.04. The van der Waals surface area contributed by atoms with Crippen LogP contribution in [0, 0.1) is 0 Å². The molecular weight excluding hydrogens is 284 g/mol. The lowest BCUT2D eigenvalue weighted by molar-refractivity contribution is 0.0995. The molecule has 0 heterocycles. The van der Waals surface area contributed by atoms with Gasteiger partial charge >= 0.3 is 0 Å². The molecule has 1 N–H and O–H groups in total. The number of aromatic hydroxyl groups is 1. The summed E-state index contributed by atoms with van der Waals surface area (Å²) in [6.45, 7) is 0.